The second-order valence-corrected chi connectivity index (χ2v) is 8.07. The summed E-state index contributed by atoms with van der Waals surface area (Å²) in [4.78, 5) is 12.1. The van der Waals surface area contributed by atoms with Gasteiger partial charge < -0.3 is 0 Å². The summed E-state index contributed by atoms with van der Waals surface area (Å²) in [7, 11) is 1.56. The normalized spacial score (nSPS) is 16.5. The van der Waals surface area contributed by atoms with Gasteiger partial charge in [0.25, 0.3) is 9.05 Å². The summed E-state index contributed by atoms with van der Waals surface area (Å²) in [5.41, 5.74) is 0.582. The molecule has 15 heavy (non-hydrogen) atoms. The summed E-state index contributed by atoms with van der Waals surface area (Å²) >= 11 is 4.30. The first kappa shape index (κ1) is 11.6. The Bertz CT molecular complexity index is 532. The molecule has 0 unspecified atom stereocenters. The maximum absolute atomic E-state index is 11.5. The number of halogens is 2. The van der Waals surface area contributed by atoms with E-state index >= 15 is 0 Å². The number of carbonyl (C=O) groups is 1. The lowest BCUT2D eigenvalue weighted by Gasteiger charge is -2.10. The van der Waals surface area contributed by atoms with E-state index in [0.717, 1.165) is 11.3 Å². The molecule has 0 aliphatic heterocycles. The number of hydrogen-bond donors (Lipinski definition) is 0. The Morgan fingerprint density at radius 2 is 2.00 bits per heavy atom. The molecule has 7 heteroatoms. The predicted molar refractivity (Wildman–Crippen MR) is 62.3 cm³/mol. The van der Waals surface area contributed by atoms with E-state index in [4.69, 9.17) is 10.7 Å². The molecule has 0 spiro atoms. The van der Waals surface area contributed by atoms with Gasteiger partial charge in [-0.05, 0) is 34.3 Å². The fourth-order valence-corrected chi connectivity index (χ4v) is 6.09. The monoisotopic (exact) mass is 328 g/mol. The lowest BCUT2D eigenvalue weighted by Crippen LogP contribution is -2.09. The molecular formula is C8H6BrClO3S2. The second-order valence-electron chi connectivity index (χ2n) is 3.23. The first-order chi connectivity index (χ1) is 6.91. The minimum absolute atomic E-state index is 0.00789. The van der Waals surface area contributed by atoms with Crippen molar-refractivity contribution in [1.29, 1.82) is 0 Å². The molecule has 1 aromatic heterocycles. The number of Topliss-reactive ketones (excluding diaryl/α,β-unsaturated/α-hetero) is 1. The summed E-state index contributed by atoms with van der Waals surface area (Å²) in [5, 5.41) is 0. The van der Waals surface area contributed by atoms with Crippen LogP contribution in [0.15, 0.2) is 8.68 Å². The van der Waals surface area contributed by atoms with Crippen LogP contribution >= 0.6 is 37.9 Å². The summed E-state index contributed by atoms with van der Waals surface area (Å²) < 4.78 is 23.1. The van der Waals surface area contributed by atoms with E-state index in [1.54, 1.807) is 0 Å². The minimum Gasteiger partial charge on any atom is -0.293 e. The fraction of sp³-hybridized carbons (Fsp3) is 0.375. The molecule has 0 amide bonds. The molecular weight excluding hydrogens is 324 g/mol. The van der Waals surface area contributed by atoms with Crippen molar-refractivity contribution in [3.63, 3.8) is 0 Å². The highest BCUT2D eigenvalue weighted by molar-refractivity contribution is 9.11. The Morgan fingerprint density at radius 1 is 1.33 bits per heavy atom. The van der Waals surface area contributed by atoms with Crippen LogP contribution in [0.2, 0.25) is 0 Å². The van der Waals surface area contributed by atoms with E-state index in [-0.39, 0.29) is 10.7 Å². The molecule has 82 valence electrons. The molecule has 0 radical (unpaired) electrons. The van der Waals surface area contributed by atoms with Crippen molar-refractivity contribution >= 4 is 52.8 Å². The number of carbonyl (C=O) groups excluding carboxylic acids is 1. The van der Waals surface area contributed by atoms with Crippen LogP contribution in [0.3, 0.4) is 0 Å². The van der Waals surface area contributed by atoms with Gasteiger partial charge in [-0.15, -0.1) is 11.3 Å². The van der Waals surface area contributed by atoms with Gasteiger partial charge in [-0.2, -0.15) is 0 Å². The lowest BCUT2D eigenvalue weighted by atomic mass is 9.98. The Hall–Kier alpha value is 0.0900. The van der Waals surface area contributed by atoms with E-state index in [0.29, 0.717) is 33.5 Å². The molecule has 0 bridgehead atoms. The van der Waals surface area contributed by atoms with Gasteiger partial charge in [-0.1, -0.05) is 0 Å². The van der Waals surface area contributed by atoms with Crippen molar-refractivity contribution in [2.45, 2.75) is 24.2 Å². The topological polar surface area (TPSA) is 51.2 Å². The van der Waals surface area contributed by atoms with Crippen LogP contribution in [0.5, 0.6) is 0 Å². The average Bonchev–Trinajstić information content (AvgIpc) is 2.41. The van der Waals surface area contributed by atoms with Gasteiger partial charge in [0.05, 0.1) is 8.66 Å². The van der Waals surface area contributed by atoms with Crippen molar-refractivity contribution in [1.82, 2.24) is 0 Å². The zero-order chi connectivity index (χ0) is 11.2. The Kier molecular flexibility index (Phi) is 2.96. The van der Waals surface area contributed by atoms with Crippen molar-refractivity contribution in [2.24, 2.45) is 0 Å². The smallest absolute Gasteiger partial charge is 0.263 e. The highest BCUT2D eigenvalue weighted by Crippen LogP contribution is 2.41. The molecule has 2 rings (SSSR count). The number of hydrogen-bond acceptors (Lipinski definition) is 4. The Morgan fingerprint density at radius 3 is 2.60 bits per heavy atom. The minimum atomic E-state index is -3.77. The number of fused-ring (bicyclic) bond motifs is 1. The predicted octanol–water partition coefficient (Wildman–Crippen LogP) is 2.96. The van der Waals surface area contributed by atoms with Gasteiger partial charge in [0.2, 0.25) is 0 Å². The van der Waals surface area contributed by atoms with Crippen LogP contribution in [-0.2, 0) is 15.5 Å². The van der Waals surface area contributed by atoms with E-state index in [2.05, 4.69) is 15.9 Å². The van der Waals surface area contributed by atoms with Gasteiger partial charge in [-0.25, -0.2) is 8.42 Å². The molecule has 3 nitrogen and oxygen atoms in total. The summed E-state index contributed by atoms with van der Waals surface area (Å²) in [6, 6.07) is 0. The van der Waals surface area contributed by atoms with E-state index in [1.165, 1.54) is 0 Å². The Labute approximate surface area is 104 Å². The molecule has 0 fully saturated rings. The van der Waals surface area contributed by atoms with Crippen LogP contribution in [0.4, 0.5) is 0 Å². The number of rotatable bonds is 1. The van der Waals surface area contributed by atoms with Crippen molar-refractivity contribution in [3.8, 4) is 0 Å². The zero-order valence-corrected chi connectivity index (χ0v) is 11.4. The van der Waals surface area contributed by atoms with E-state index < -0.39 is 9.05 Å². The molecule has 1 aliphatic carbocycles. The summed E-state index contributed by atoms with van der Waals surface area (Å²) in [6.07, 6.45) is 1.78. The SMILES string of the molecule is O=C1CCCc2c1sc(Br)c2S(=O)(=O)Cl. The van der Waals surface area contributed by atoms with Gasteiger partial charge in [0, 0.05) is 17.1 Å². The maximum Gasteiger partial charge on any atom is 0.263 e. The standard InChI is InChI=1S/C8H6BrClO3S2/c9-8-7(15(10,12)13)4-2-1-3-5(11)6(4)14-8/h1-3H2. The first-order valence-corrected chi connectivity index (χ1v) is 8.12. The first-order valence-electron chi connectivity index (χ1n) is 4.20. The molecule has 1 aliphatic rings. The van der Waals surface area contributed by atoms with Crippen molar-refractivity contribution in [3.05, 3.63) is 14.2 Å². The van der Waals surface area contributed by atoms with Crippen LogP contribution in [0.1, 0.15) is 28.1 Å². The number of ketones is 1. The molecule has 0 saturated carbocycles. The third-order valence-electron chi connectivity index (χ3n) is 2.25. The van der Waals surface area contributed by atoms with Gasteiger partial charge in [-0.3, -0.25) is 4.79 Å². The van der Waals surface area contributed by atoms with Gasteiger partial charge >= 0.3 is 0 Å². The van der Waals surface area contributed by atoms with E-state index in [9.17, 15) is 13.2 Å². The van der Waals surface area contributed by atoms with Crippen LogP contribution in [0, 0.1) is 0 Å². The second kappa shape index (κ2) is 3.84. The fourth-order valence-electron chi connectivity index (χ4n) is 1.65. The lowest BCUT2D eigenvalue weighted by molar-refractivity contribution is 0.0976. The molecule has 0 saturated heterocycles. The van der Waals surface area contributed by atoms with Crippen molar-refractivity contribution < 1.29 is 13.2 Å². The Balaban J connectivity index is 2.73. The van der Waals surface area contributed by atoms with Crippen LogP contribution in [0.25, 0.3) is 0 Å². The maximum atomic E-state index is 11.5. The average molecular weight is 330 g/mol. The zero-order valence-electron chi connectivity index (χ0n) is 7.42. The summed E-state index contributed by atoms with van der Waals surface area (Å²) in [5.74, 6) is 0.00789. The third kappa shape index (κ3) is 2.00. The van der Waals surface area contributed by atoms with Crippen molar-refractivity contribution in [2.75, 3.05) is 0 Å². The summed E-state index contributed by atoms with van der Waals surface area (Å²) in [6.45, 7) is 0. The van der Waals surface area contributed by atoms with Crippen LogP contribution in [-0.4, -0.2) is 14.2 Å². The molecule has 1 heterocycles. The molecule has 0 aromatic carbocycles. The quantitative estimate of drug-likeness (QED) is 0.744. The molecule has 0 N–H and O–H groups in total. The number of thiophene rings is 1. The molecule has 0 atom stereocenters. The highest BCUT2D eigenvalue weighted by atomic mass is 79.9. The largest absolute Gasteiger partial charge is 0.293 e. The van der Waals surface area contributed by atoms with Gasteiger partial charge in [0.15, 0.2) is 5.78 Å². The highest BCUT2D eigenvalue weighted by Gasteiger charge is 2.30. The third-order valence-corrected chi connectivity index (χ3v) is 5.98. The van der Waals surface area contributed by atoms with Crippen LogP contribution < -0.4 is 0 Å². The molecule has 1 aromatic rings. The van der Waals surface area contributed by atoms with Gasteiger partial charge in [0.1, 0.15) is 4.90 Å². The van der Waals surface area contributed by atoms with E-state index in [1.807, 2.05) is 0 Å².